The Morgan fingerprint density at radius 3 is 2.72 bits per heavy atom. The summed E-state index contributed by atoms with van der Waals surface area (Å²) in [5, 5.41) is 2.95. The zero-order valence-electron chi connectivity index (χ0n) is 9.97. The first-order chi connectivity index (χ1) is 8.49. The number of hydrogen-bond acceptors (Lipinski definition) is 4. The van der Waals surface area contributed by atoms with Gasteiger partial charge < -0.3 is 10.1 Å². The Balaban J connectivity index is 2.05. The zero-order chi connectivity index (χ0) is 13.2. The fourth-order valence-electron chi connectivity index (χ4n) is 2.01. The number of alkyl halides is 3. The monoisotopic (exact) mass is 261 g/mol. The van der Waals surface area contributed by atoms with E-state index in [4.69, 9.17) is 0 Å². The third-order valence-electron chi connectivity index (χ3n) is 2.71. The highest BCUT2D eigenvalue weighted by molar-refractivity contribution is 5.48. The van der Waals surface area contributed by atoms with Crippen molar-refractivity contribution in [2.24, 2.45) is 0 Å². The van der Waals surface area contributed by atoms with E-state index in [9.17, 15) is 13.2 Å². The maximum Gasteiger partial charge on any atom is 0.411 e. The first-order valence-electron chi connectivity index (χ1n) is 5.70. The average Bonchev–Trinajstić information content (AvgIpc) is 2.74. The number of aryl methyl sites for hydroxylation is 1. The quantitative estimate of drug-likeness (QED) is 0.901. The van der Waals surface area contributed by atoms with Gasteiger partial charge in [0.2, 0.25) is 0 Å². The molecule has 1 aliphatic carbocycles. The molecule has 4 nitrogen and oxygen atoms in total. The molecule has 0 fully saturated rings. The van der Waals surface area contributed by atoms with E-state index in [0.717, 1.165) is 30.5 Å². The van der Waals surface area contributed by atoms with Gasteiger partial charge in [-0.05, 0) is 19.3 Å². The number of aromatic nitrogens is 2. The predicted octanol–water partition coefficient (Wildman–Crippen LogP) is 2.09. The van der Waals surface area contributed by atoms with Gasteiger partial charge >= 0.3 is 6.18 Å². The van der Waals surface area contributed by atoms with Gasteiger partial charge in [0.05, 0.1) is 0 Å². The molecule has 7 heteroatoms. The van der Waals surface area contributed by atoms with Crippen molar-refractivity contribution in [2.75, 3.05) is 19.0 Å². The molecule has 100 valence electrons. The first-order valence-corrected chi connectivity index (χ1v) is 5.70. The van der Waals surface area contributed by atoms with E-state index in [2.05, 4.69) is 20.0 Å². The van der Waals surface area contributed by atoms with Crippen molar-refractivity contribution in [3.63, 3.8) is 0 Å². The number of fused-ring (bicyclic) bond motifs is 1. The second kappa shape index (κ2) is 5.09. The van der Waals surface area contributed by atoms with Gasteiger partial charge in [-0.15, -0.1) is 0 Å². The molecule has 18 heavy (non-hydrogen) atoms. The number of rotatable bonds is 4. The maximum absolute atomic E-state index is 11.9. The number of ether oxygens (including phenoxy) is 1. The number of halogens is 3. The third kappa shape index (κ3) is 3.10. The van der Waals surface area contributed by atoms with Crippen molar-refractivity contribution in [2.45, 2.75) is 32.0 Å². The van der Waals surface area contributed by atoms with Gasteiger partial charge in [0.15, 0.2) is 5.82 Å². The molecule has 0 aliphatic heterocycles. The molecule has 1 heterocycles. The fraction of sp³-hybridized carbons (Fsp3) is 0.636. The van der Waals surface area contributed by atoms with Crippen LogP contribution in [0.2, 0.25) is 0 Å². The van der Waals surface area contributed by atoms with Gasteiger partial charge in [0.25, 0.3) is 0 Å². The smallest absolute Gasteiger partial charge is 0.373 e. The highest BCUT2D eigenvalue weighted by Gasteiger charge is 2.27. The van der Waals surface area contributed by atoms with Crippen LogP contribution in [-0.2, 0) is 24.2 Å². The summed E-state index contributed by atoms with van der Waals surface area (Å²) in [4.78, 5) is 8.41. The molecule has 1 N–H and O–H groups in total. The van der Waals surface area contributed by atoms with Crippen LogP contribution in [0.15, 0.2) is 0 Å². The van der Waals surface area contributed by atoms with Crippen LogP contribution in [0.25, 0.3) is 0 Å². The van der Waals surface area contributed by atoms with E-state index in [1.54, 1.807) is 7.05 Å². The minimum Gasteiger partial charge on any atom is -0.373 e. The van der Waals surface area contributed by atoms with Crippen LogP contribution in [0.4, 0.5) is 19.0 Å². The number of nitrogens with zero attached hydrogens (tertiary/aromatic N) is 2. The molecule has 0 amide bonds. The molecule has 1 aliphatic rings. The summed E-state index contributed by atoms with van der Waals surface area (Å²) in [7, 11) is 1.74. The van der Waals surface area contributed by atoms with E-state index < -0.39 is 12.8 Å². The molecule has 0 unspecified atom stereocenters. The Labute approximate surface area is 103 Å². The highest BCUT2D eigenvalue weighted by atomic mass is 19.4. The molecule has 0 atom stereocenters. The summed E-state index contributed by atoms with van der Waals surface area (Å²) in [5.41, 5.74) is 1.98. The molecule has 0 radical (unpaired) electrons. The van der Waals surface area contributed by atoms with E-state index in [1.165, 1.54) is 0 Å². The lowest BCUT2D eigenvalue weighted by atomic mass is 10.2. The van der Waals surface area contributed by atoms with Gasteiger partial charge in [-0.25, -0.2) is 9.97 Å². The van der Waals surface area contributed by atoms with E-state index in [1.807, 2.05) is 0 Å². The van der Waals surface area contributed by atoms with Crippen molar-refractivity contribution in [3.05, 3.63) is 17.1 Å². The van der Waals surface area contributed by atoms with Crippen molar-refractivity contribution in [1.29, 1.82) is 0 Å². The Morgan fingerprint density at radius 2 is 2.06 bits per heavy atom. The second-order valence-corrected chi connectivity index (χ2v) is 4.13. The van der Waals surface area contributed by atoms with Crippen LogP contribution in [0.1, 0.15) is 23.5 Å². The second-order valence-electron chi connectivity index (χ2n) is 4.13. The molecule has 0 saturated carbocycles. The SMILES string of the molecule is CNc1nc(COCC(F)(F)F)nc2c1CCC2. The summed E-state index contributed by atoms with van der Waals surface area (Å²) < 4.78 is 40.4. The summed E-state index contributed by atoms with van der Waals surface area (Å²) in [6, 6.07) is 0. The standard InChI is InChI=1S/C11H14F3N3O/c1-15-10-7-3-2-4-8(7)16-9(17-10)5-18-6-11(12,13)14/h2-6H2,1H3,(H,15,16,17). The summed E-state index contributed by atoms with van der Waals surface area (Å²) in [5.74, 6) is 0.993. The minimum atomic E-state index is -4.32. The van der Waals surface area contributed by atoms with Crippen LogP contribution >= 0.6 is 0 Å². The maximum atomic E-state index is 11.9. The number of nitrogens with one attached hydrogen (secondary N) is 1. The van der Waals surface area contributed by atoms with E-state index in [0.29, 0.717) is 11.6 Å². The average molecular weight is 261 g/mol. The lowest BCUT2D eigenvalue weighted by Gasteiger charge is -2.10. The largest absolute Gasteiger partial charge is 0.411 e. The lowest BCUT2D eigenvalue weighted by molar-refractivity contribution is -0.177. The first kappa shape index (κ1) is 13.1. The van der Waals surface area contributed by atoms with Crippen molar-refractivity contribution < 1.29 is 17.9 Å². The van der Waals surface area contributed by atoms with Crippen LogP contribution in [-0.4, -0.2) is 29.8 Å². The van der Waals surface area contributed by atoms with Crippen LogP contribution < -0.4 is 5.32 Å². The molecule has 1 aromatic rings. The van der Waals surface area contributed by atoms with Crippen LogP contribution in [0.5, 0.6) is 0 Å². The van der Waals surface area contributed by atoms with Gasteiger partial charge in [0.1, 0.15) is 19.0 Å². The third-order valence-corrected chi connectivity index (χ3v) is 2.71. The Hall–Kier alpha value is -1.37. The molecule has 0 aromatic carbocycles. The van der Waals surface area contributed by atoms with Gasteiger partial charge in [-0.1, -0.05) is 0 Å². The summed E-state index contributed by atoms with van der Waals surface area (Å²) in [6.07, 6.45) is -1.55. The predicted molar refractivity (Wildman–Crippen MR) is 59.3 cm³/mol. The zero-order valence-corrected chi connectivity index (χ0v) is 9.97. The Kier molecular flexibility index (Phi) is 3.70. The van der Waals surface area contributed by atoms with E-state index in [-0.39, 0.29) is 6.61 Å². The van der Waals surface area contributed by atoms with E-state index >= 15 is 0 Å². The van der Waals surface area contributed by atoms with Crippen LogP contribution in [0.3, 0.4) is 0 Å². The Bertz CT molecular complexity index is 434. The normalized spacial score (nSPS) is 14.7. The summed E-state index contributed by atoms with van der Waals surface area (Å²) in [6.45, 7) is -1.50. The van der Waals surface area contributed by atoms with Gasteiger partial charge in [-0.3, -0.25) is 0 Å². The van der Waals surface area contributed by atoms with Crippen molar-refractivity contribution in [3.8, 4) is 0 Å². The minimum absolute atomic E-state index is 0.221. The lowest BCUT2D eigenvalue weighted by Crippen LogP contribution is -2.17. The molecule has 0 bridgehead atoms. The van der Waals surface area contributed by atoms with Crippen LogP contribution in [0, 0.1) is 0 Å². The number of hydrogen-bond donors (Lipinski definition) is 1. The van der Waals surface area contributed by atoms with Crippen molar-refractivity contribution in [1.82, 2.24) is 9.97 Å². The molecule has 2 rings (SSSR count). The molecule has 0 saturated heterocycles. The summed E-state index contributed by atoms with van der Waals surface area (Å²) >= 11 is 0. The fourth-order valence-corrected chi connectivity index (χ4v) is 2.01. The Morgan fingerprint density at radius 1 is 1.28 bits per heavy atom. The highest BCUT2D eigenvalue weighted by Crippen LogP contribution is 2.26. The molecule has 0 spiro atoms. The number of anilines is 1. The topological polar surface area (TPSA) is 47.0 Å². The molecular weight excluding hydrogens is 247 g/mol. The molecule has 1 aromatic heterocycles. The molecular formula is C11H14F3N3O. The van der Waals surface area contributed by atoms with Gasteiger partial charge in [0, 0.05) is 18.3 Å². The van der Waals surface area contributed by atoms with Crippen molar-refractivity contribution >= 4 is 5.82 Å². The van der Waals surface area contributed by atoms with Gasteiger partial charge in [-0.2, -0.15) is 13.2 Å².